The number of para-hydroxylation sites is 1. The number of aromatic nitrogens is 4. The zero-order valence-corrected chi connectivity index (χ0v) is 21.0. The molecule has 186 valence electrons. The summed E-state index contributed by atoms with van der Waals surface area (Å²) in [6, 6.07) is 10.2. The molecule has 2 saturated heterocycles. The average Bonchev–Trinajstić information content (AvgIpc) is 3.24. The van der Waals surface area contributed by atoms with Gasteiger partial charge in [-0.05, 0) is 52.7 Å². The number of hydrogen-bond acceptors (Lipinski definition) is 7. The SMILES string of the molecule is CC1CN(C(=O)OC(C)(C)C)CCN1c1ncnc2c1c(C1CCOCC1)nn2-c1ccccc1. The van der Waals surface area contributed by atoms with Gasteiger partial charge in [0.05, 0.1) is 16.8 Å². The molecular formula is C26H34N6O3. The van der Waals surface area contributed by atoms with E-state index >= 15 is 0 Å². The van der Waals surface area contributed by atoms with Crippen LogP contribution in [0.25, 0.3) is 16.7 Å². The fraction of sp³-hybridized carbons (Fsp3) is 0.538. The highest BCUT2D eigenvalue weighted by Crippen LogP contribution is 2.37. The van der Waals surface area contributed by atoms with Crippen LogP contribution in [0.2, 0.25) is 0 Å². The van der Waals surface area contributed by atoms with E-state index in [1.807, 2.05) is 55.8 Å². The highest BCUT2D eigenvalue weighted by molar-refractivity contribution is 5.91. The zero-order valence-electron chi connectivity index (χ0n) is 21.0. The van der Waals surface area contributed by atoms with Crippen LogP contribution in [0.15, 0.2) is 36.7 Å². The molecule has 0 N–H and O–H groups in total. The number of hydrogen-bond donors (Lipinski definition) is 0. The predicted molar refractivity (Wildman–Crippen MR) is 134 cm³/mol. The van der Waals surface area contributed by atoms with Crippen LogP contribution in [0.1, 0.15) is 52.1 Å². The molecule has 0 bridgehead atoms. The molecule has 0 radical (unpaired) electrons. The van der Waals surface area contributed by atoms with Gasteiger partial charge in [-0.3, -0.25) is 0 Å². The Labute approximate surface area is 206 Å². The molecule has 2 fully saturated rings. The normalized spacial score (nSPS) is 19.8. The molecule has 9 heteroatoms. The molecular weight excluding hydrogens is 444 g/mol. The summed E-state index contributed by atoms with van der Waals surface area (Å²) in [6.07, 6.45) is 3.21. The third kappa shape index (κ3) is 4.82. The lowest BCUT2D eigenvalue weighted by Gasteiger charge is -2.41. The van der Waals surface area contributed by atoms with Crippen molar-refractivity contribution in [2.45, 2.75) is 58.1 Å². The maximum atomic E-state index is 12.7. The number of rotatable bonds is 3. The summed E-state index contributed by atoms with van der Waals surface area (Å²) in [7, 11) is 0. The lowest BCUT2D eigenvalue weighted by atomic mass is 9.94. The van der Waals surface area contributed by atoms with Gasteiger partial charge in [-0.15, -0.1) is 0 Å². The van der Waals surface area contributed by atoms with Crippen LogP contribution < -0.4 is 4.90 Å². The van der Waals surface area contributed by atoms with E-state index < -0.39 is 5.60 Å². The van der Waals surface area contributed by atoms with Gasteiger partial charge in [0, 0.05) is 44.8 Å². The van der Waals surface area contributed by atoms with Crippen molar-refractivity contribution in [1.29, 1.82) is 0 Å². The van der Waals surface area contributed by atoms with Crippen LogP contribution in [0, 0.1) is 0 Å². The van der Waals surface area contributed by atoms with E-state index in [4.69, 9.17) is 19.6 Å². The molecule has 2 aliphatic rings. The number of anilines is 1. The quantitative estimate of drug-likeness (QED) is 0.559. The maximum Gasteiger partial charge on any atom is 0.410 e. The smallest absolute Gasteiger partial charge is 0.410 e. The first kappa shape index (κ1) is 23.5. The largest absolute Gasteiger partial charge is 0.444 e. The molecule has 0 aliphatic carbocycles. The average molecular weight is 479 g/mol. The molecule has 1 atom stereocenters. The number of ether oxygens (including phenoxy) is 2. The number of carbonyl (C=O) groups excluding carboxylic acids is 1. The molecule has 1 aromatic carbocycles. The number of piperazine rings is 1. The standard InChI is InChI=1S/C26H34N6O3/c1-18-16-30(25(33)35-26(2,3)4)12-13-31(18)23-21-22(19-10-14-34-15-11-19)29-32(24(21)28-17-27-23)20-8-6-5-7-9-20/h5-9,17-19H,10-16H2,1-4H3. The summed E-state index contributed by atoms with van der Waals surface area (Å²) in [5.41, 5.74) is 2.30. The van der Waals surface area contributed by atoms with Gasteiger partial charge in [-0.2, -0.15) is 5.10 Å². The molecule has 4 heterocycles. The highest BCUT2D eigenvalue weighted by atomic mass is 16.6. The summed E-state index contributed by atoms with van der Waals surface area (Å²) in [5.74, 6) is 1.18. The predicted octanol–water partition coefficient (Wildman–Crippen LogP) is 4.16. The van der Waals surface area contributed by atoms with E-state index in [2.05, 4.69) is 16.8 Å². The van der Waals surface area contributed by atoms with Crippen LogP contribution in [-0.2, 0) is 9.47 Å². The van der Waals surface area contributed by atoms with E-state index in [1.165, 1.54) is 0 Å². The summed E-state index contributed by atoms with van der Waals surface area (Å²) < 4.78 is 13.2. The Kier molecular flexibility index (Phi) is 6.35. The first-order valence-corrected chi connectivity index (χ1v) is 12.4. The van der Waals surface area contributed by atoms with E-state index in [0.29, 0.717) is 25.6 Å². The first-order valence-electron chi connectivity index (χ1n) is 12.4. The lowest BCUT2D eigenvalue weighted by molar-refractivity contribution is 0.0218. The summed E-state index contributed by atoms with van der Waals surface area (Å²) in [4.78, 5) is 26.2. The van der Waals surface area contributed by atoms with Gasteiger partial charge in [0.15, 0.2) is 5.65 Å². The van der Waals surface area contributed by atoms with Crippen molar-refractivity contribution in [1.82, 2.24) is 24.6 Å². The molecule has 2 aromatic heterocycles. The molecule has 0 saturated carbocycles. The Bertz CT molecular complexity index is 1180. The summed E-state index contributed by atoms with van der Waals surface area (Å²) >= 11 is 0. The lowest BCUT2D eigenvalue weighted by Crippen LogP contribution is -2.54. The molecule has 35 heavy (non-hydrogen) atoms. The maximum absolute atomic E-state index is 12.7. The van der Waals surface area contributed by atoms with Gasteiger partial charge < -0.3 is 19.3 Å². The number of benzene rings is 1. The topological polar surface area (TPSA) is 85.6 Å². The Morgan fingerprint density at radius 3 is 2.51 bits per heavy atom. The van der Waals surface area contributed by atoms with E-state index in [9.17, 15) is 4.79 Å². The molecule has 5 rings (SSSR count). The van der Waals surface area contributed by atoms with Crippen molar-refractivity contribution in [3.8, 4) is 5.69 Å². The van der Waals surface area contributed by atoms with Crippen molar-refractivity contribution in [3.63, 3.8) is 0 Å². The number of amides is 1. The first-order chi connectivity index (χ1) is 16.8. The Morgan fingerprint density at radius 2 is 1.83 bits per heavy atom. The number of fused-ring (bicyclic) bond motifs is 1. The number of carbonyl (C=O) groups is 1. The molecule has 1 unspecified atom stereocenters. The van der Waals surface area contributed by atoms with Gasteiger partial charge in [0.25, 0.3) is 0 Å². The summed E-state index contributed by atoms with van der Waals surface area (Å²) in [5, 5.41) is 6.10. The molecule has 2 aliphatic heterocycles. The van der Waals surface area contributed by atoms with Crippen LogP contribution in [0.4, 0.5) is 10.6 Å². The van der Waals surface area contributed by atoms with Gasteiger partial charge >= 0.3 is 6.09 Å². The van der Waals surface area contributed by atoms with Crippen LogP contribution in [0.3, 0.4) is 0 Å². The van der Waals surface area contributed by atoms with Crippen molar-refractivity contribution in [2.75, 3.05) is 37.7 Å². The fourth-order valence-corrected chi connectivity index (χ4v) is 4.95. The molecule has 1 amide bonds. The van der Waals surface area contributed by atoms with Crippen LogP contribution >= 0.6 is 0 Å². The second-order valence-electron chi connectivity index (χ2n) is 10.4. The van der Waals surface area contributed by atoms with Gasteiger partial charge in [-0.1, -0.05) is 18.2 Å². The monoisotopic (exact) mass is 478 g/mol. The molecule has 3 aromatic rings. The number of nitrogens with zero attached hydrogens (tertiary/aromatic N) is 6. The van der Waals surface area contributed by atoms with Gasteiger partial charge in [-0.25, -0.2) is 19.4 Å². The zero-order chi connectivity index (χ0) is 24.6. The summed E-state index contributed by atoms with van der Waals surface area (Å²) in [6.45, 7) is 11.1. The van der Waals surface area contributed by atoms with Crippen LogP contribution in [-0.4, -0.2) is 75.2 Å². The third-order valence-corrected chi connectivity index (χ3v) is 6.63. The van der Waals surface area contributed by atoms with E-state index in [-0.39, 0.29) is 12.1 Å². The second-order valence-corrected chi connectivity index (χ2v) is 10.4. The van der Waals surface area contributed by atoms with Crippen molar-refractivity contribution < 1.29 is 14.3 Å². The minimum Gasteiger partial charge on any atom is -0.444 e. The van der Waals surface area contributed by atoms with Gasteiger partial charge in [0.1, 0.15) is 17.7 Å². The second kappa shape index (κ2) is 9.45. The highest BCUT2D eigenvalue weighted by Gasteiger charge is 2.33. The van der Waals surface area contributed by atoms with E-state index in [1.54, 1.807) is 11.2 Å². The van der Waals surface area contributed by atoms with Crippen molar-refractivity contribution in [3.05, 3.63) is 42.4 Å². The van der Waals surface area contributed by atoms with E-state index in [0.717, 1.165) is 54.3 Å². The fourth-order valence-electron chi connectivity index (χ4n) is 4.95. The van der Waals surface area contributed by atoms with Gasteiger partial charge in [0.2, 0.25) is 0 Å². The molecule has 9 nitrogen and oxygen atoms in total. The van der Waals surface area contributed by atoms with Crippen molar-refractivity contribution >= 4 is 22.9 Å². The minimum atomic E-state index is -0.513. The van der Waals surface area contributed by atoms with Crippen LogP contribution in [0.5, 0.6) is 0 Å². The Balaban J connectivity index is 1.52. The Hall–Kier alpha value is -3.20. The minimum absolute atomic E-state index is 0.0667. The van der Waals surface area contributed by atoms with Crippen molar-refractivity contribution in [2.24, 2.45) is 0 Å². The molecule has 0 spiro atoms. The third-order valence-electron chi connectivity index (χ3n) is 6.63. The Morgan fingerprint density at radius 1 is 1.09 bits per heavy atom.